The Morgan fingerprint density at radius 1 is 1.09 bits per heavy atom. The lowest BCUT2D eigenvalue weighted by Crippen LogP contribution is -2.34. The van der Waals surface area contributed by atoms with E-state index in [2.05, 4.69) is 6.08 Å². The summed E-state index contributed by atoms with van der Waals surface area (Å²) in [5.74, 6) is 0.445. The molecule has 1 saturated carbocycles. The van der Waals surface area contributed by atoms with E-state index in [9.17, 15) is 9.59 Å². The molecule has 3 nitrogen and oxygen atoms in total. The van der Waals surface area contributed by atoms with Crippen molar-refractivity contribution in [3.63, 3.8) is 0 Å². The Labute approximate surface area is 129 Å². The first-order valence-electron chi connectivity index (χ1n) is 7.86. The molecule has 22 heavy (non-hydrogen) atoms. The van der Waals surface area contributed by atoms with Gasteiger partial charge in [0, 0.05) is 22.1 Å². The van der Waals surface area contributed by atoms with Crippen LogP contribution in [0.2, 0.25) is 0 Å². The molecule has 1 aromatic rings. The number of fused-ring (bicyclic) bond motifs is 2. The van der Waals surface area contributed by atoms with E-state index < -0.39 is 0 Å². The number of carbonyl (C=O) groups is 2. The summed E-state index contributed by atoms with van der Waals surface area (Å²) >= 11 is 0. The first-order chi connectivity index (χ1) is 10.7. The highest BCUT2D eigenvalue weighted by Gasteiger charge is 2.47. The molecule has 3 heteroatoms. The van der Waals surface area contributed by atoms with Crippen LogP contribution in [0.15, 0.2) is 41.5 Å². The molecular formula is C19H18O3. The summed E-state index contributed by atoms with van der Waals surface area (Å²) in [5.41, 5.74) is 2.17. The maximum absolute atomic E-state index is 13.1. The number of Topliss-reactive ketones (excluding diaryl/α,β-unsaturated/α-hetero) is 2. The number of rotatable bonds is 1. The summed E-state index contributed by atoms with van der Waals surface area (Å²) in [6, 6.07) is 5.28. The van der Waals surface area contributed by atoms with E-state index in [0.29, 0.717) is 22.4 Å². The number of carbonyl (C=O) groups excluding carboxylic acids is 2. The quantitative estimate of drug-likeness (QED) is 0.789. The van der Waals surface area contributed by atoms with Gasteiger partial charge in [0.2, 0.25) is 0 Å². The fourth-order valence-corrected chi connectivity index (χ4v) is 4.33. The molecular weight excluding hydrogens is 276 g/mol. The highest BCUT2D eigenvalue weighted by atomic mass is 16.5. The molecule has 4 rings (SSSR count). The molecule has 0 aromatic heterocycles. The van der Waals surface area contributed by atoms with Gasteiger partial charge in [-0.25, -0.2) is 0 Å². The van der Waals surface area contributed by atoms with Gasteiger partial charge in [-0.1, -0.05) is 37.1 Å². The lowest BCUT2D eigenvalue weighted by Gasteiger charge is -2.36. The van der Waals surface area contributed by atoms with Gasteiger partial charge < -0.3 is 4.74 Å². The summed E-state index contributed by atoms with van der Waals surface area (Å²) in [7, 11) is 1.53. The lowest BCUT2D eigenvalue weighted by molar-refractivity contribution is 0.0946. The fraction of sp³-hybridized carbons (Fsp3) is 0.368. The van der Waals surface area contributed by atoms with E-state index in [1.165, 1.54) is 7.11 Å². The van der Waals surface area contributed by atoms with Crippen LogP contribution in [-0.2, 0) is 0 Å². The molecule has 0 aliphatic heterocycles. The lowest BCUT2D eigenvalue weighted by atomic mass is 9.65. The Morgan fingerprint density at radius 3 is 2.59 bits per heavy atom. The second-order valence-electron chi connectivity index (χ2n) is 6.42. The zero-order valence-corrected chi connectivity index (χ0v) is 12.6. The van der Waals surface area contributed by atoms with Gasteiger partial charge in [-0.15, -0.1) is 0 Å². The third-order valence-corrected chi connectivity index (χ3v) is 5.34. The minimum atomic E-state index is -0.113. The van der Waals surface area contributed by atoms with E-state index in [1.807, 2.05) is 6.08 Å². The number of ketones is 2. The second kappa shape index (κ2) is 4.67. The van der Waals surface area contributed by atoms with E-state index in [-0.39, 0.29) is 17.0 Å². The van der Waals surface area contributed by atoms with Gasteiger partial charge in [-0.3, -0.25) is 9.59 Å². The summed E-state index contributed by atoms with van der Waals surface area (Å²) in [4.78, 5) is 26.1. The Morgan fingerprint density at radius 2 is 1.86 bits per heavy atom. The number of allylic oxidation sites excluding steroid dienone is 4. The SMILES string of the molecule is COc1cccc2c1C(=O)C1=C(C2=O)C2(CC=C1)CCCC2. The zero-order chi connectivity index (χ0) is 15.3. The molecule has 0 saturated heterocycles. The highest BCUT2D eigenvalue weighted by molar-refractivity contribution is 6.29. The van der Waals surface area contributed by atoms with Crippen molar-refractivity contribution >= 4 is 11.6 Å². The van der Waals surface area contributed by atoms with Crippen LogP contribution in [0.5, 0.6) is 5.75 Å². The van der Waals surface area contributed by atoms with Crippen LogP contribution in [0, 0.1) is 5.41 Å². The normalized spacial score (nSPS) is 22.0. The molecule has 0 unspecified atom stereocenters. The molecule has 112 valence electrons. The van der Waals surface area contributed by atoms with Gasteiger partial charge in [0.25, 0.3) is 0 Å². The standard InChI is InChI=1S/C19H18O3/c1-22-14-8-4-6-12-15(14)17(20)13-7-5-11-19(9-2-3-10-19)16(13)18(12)21/h4-8H,2-3,9-11H2,1H3. The van der Waals surface area contributed by atoms with Crippen molar-refractivity contribution in [2.75, 3.05) is 7.11 Å². The molecule has 1 spiro atoms. The van der Waals surface area contributed by atoms with Crippen molar-refractivity contribution < 1.29 is 14.3 Å². The predicted molar refractivity (Wildman–Crippen MR) is 83.3 cm³/mol. The third-order valence-electron chi connectivity index (χ3n) is 5.34. The number of hydrogen-bond acceptors (Lipinski definition) is 3. The summed E-state index contributed by atoms with van der Waals surface area (Å²) in [6.45, 7) is 0. The Balaban J connectivity index is 1.96. The van der Waals surface area contributed by atoms with Gasteiger partial charge in [0.15, 0.2) is 11.6 Å². The second-order valence-corrected chi connectivity index (χ2v) is 6.42. The third kappa shape index (κ3) is 1.62. The maximum atomic E-state index is 13.1. The van der Waals surface area contributed by atoms with Gasteiger partial charge in [-0.2, -0.15) is 0 Å². The molecule has 0 radical (unpaired) electrons. The molecule has 0 atom stereocenters. The monoisotopic (exact) mass is 294 g/mol. The zero-order valence-electron chi connectivity index (χ0n) is 12.6. The van der Waals surface area contributed by atoms with Crippen molar-refractivity contribution in [3.05, 3.63) is 52.6 Å². The minimum Gasteiger partial charge on any atom is -0.496 e. The molecule has 3 aliphatic rings. The molecule has 3 aliphatic carbocycles. The number of methoxy groups -OCH3 is 1. The van der Waals surface area contributed by atoms with E-state index >= 15 is 0 Å². The first kappa shape index (κ1) is 13.5. The Kier molecular flexibility index (Phi) is 2.86. The van der Waals surface area contributed by atoms with Crippen LogP contribution in [-0.4, -0.2) is 18.7 Å². The van der Waals surface area contributed by atoms with Gasteiger partial charge >= 0.3 is 0 Å². The largest absolute Gasteiger partial charge is 0.496 e. The van der Waals surface area contributed by atoms with Crippen molar-refractivity contribution in [2.45, 2.75) is 32.1 Å². The number of ether oxygens (including phenoxy) is 1. The topological polar surface area (TPSA) is 43.4 Å². The van der Waals surface area contributed by atoms with Crippen LogP contribution >= 0.6 is 0 Å². The first-order valence-corrected chi connectivity index (χ1v) is 7.86. The molecule has 0 bridgehead atoms. The molecule has 1 fully saturated rings. The predicted octanol–water partition coefficient (Wildman–Crippen LogP) is 3.89. The average Bonchev–Trinajstić information content (AvgIpc) is 3.00. The number of benzene rings is 1. The van der Waals surface area contributed by atoms with Gasteiger partial charge in [0.1, 0.15) is 5.75 Å². The summed E-state index contributed by atoms with van der Waals surface area (Å²) in [5, 5.41) is 0. The Bertz CT molecular complexity index is 746. The Hall–Kier alpha value is -2.16. The minimum absolute atomic E-state index is 0.0229. The van der Waals surface area contributed by atoms with Crippen LogP contribution in [0.1, 0.15) is 52.8 Å². The van der Waals surface area contributed by atoms with Gasteiger partial charge in [-0.05, 0) is 25.3 Å². The van der Waals surface area contributed by atoms with Crippen molar-refractivity contribution in [1.29, 1.82) is 0 Å². The van der Waals surface area contributed by atoms with E-state index in [0.717, 1.165) is 37.7 Å². The molecule has 1 aromatic carbocycles. The van der Waals surface area contributed by atoms with E-state index in [1.54, 1.807) is 18.2 Å². The van der Waals surface area contributed by atoms with Crippen molar-refractivity contribution in [1.82, 2.24) is 0 Å². The van der Waals surface area contributed by atoms with Crippen LogP contribution in [0.4, 0.5) is 0 Å². The molecule has 0 amide bonds. The maximum Gasteiger partial charge on any atom is 0.197 e. The average molecular weight is 294 g/mol. The van der Waals surface area contributed by atoms with E-state index in [4.69, 9.17) is 4.74 Å². The molecule has 0 heterocycles. The van der Waals surface area contributed by atoms with Crippen LogP contribution < -0.4 is 4.74 Å². The summed E-state index contributed by atoms with van der Waals surface area (Å²) in [6.07, 6.45) is 9.07. The highest BCUT2D eigenvalue weighted by Crippen LogP contribution is 2.53. The summed E-state index contributed by atoms with van der Waals surface area (Å²) < 4.78 is 5.31. The fourth-order valence-electron chi connectivity index (χ4n) is 4.33. The van der Waals surface area contributed by atoms with Crippen LogP contribution in [0.3, 0.4) is 0 Å². The van der Waals surface area contributed by atoms with Gasteiger partial charge in [0.05, 0.1) is 12.7 Å². The molecule has 0 N–H and O–H groups in total. The number of hydrogen-bond donors (Lipinski definition) is 0. The van der Waals surface area contributed by atoms with Crippen molar-refractivity contribution in [3.8, 4) is 5.75 Å². The smallest absolute Gasteiger partial charge is 0.197 e. The van der Waals surface area contributed by atoms with Crippen LogP contribution in [0.25, 0.3) is 0 Å². The van der Waals surface area contributed by atoms with Crippen molar-refractivity contribution in [2.24, 2.45) is 5.41 Å².